The van der Waals surface area contributed by atoms with E-state index >= 15 is 0 Å². The zero-order valence-corrected chi connectivity index (χ0v) is 21.9. The fourth-order valence-electron chi connectivity index (χ4n) is 3.52. The summed E-state index contributed by atoms with van der Waals surface area (Å²) in [5.74, 6) is -4.05. The Bertz CT molecular complexity index is 1130. The number of carbonyl (C=O) groups is 5. The van der Waals surface area contributed by atoms with E-state index in [9.17, 15) is 29.1 Å². The van der Waals surface area contributed by atoms with E-state index < -0.39 is 60.2 Å². The molecule has 1 heterocycles. The van der Waals surface area contributed by atoms with Gasteiger partial charge in [-0.3, -0.25) is 19.2 Å². The molecule has 9 N–H and O–H groups in total. The summed E-state index contributed by atoms with van der Waals surface area (Å²) in [7, 11) is 0. The topological polar surface area (TPSA) is 209 Å². The van der Waals surface area contributed by atoms with Gasteiger partial charge in [-0.25, -0.2) is 4.79 Å². The van der Waals surface area contributed by atoms with Crippen molar-refractivity contribution in [1.82, 2.24) is 20.9 Å². The molecular formula is C23H32N6O6S2. The van der Waals surface area contributed by atoms with Gasteiger partial charge in [0.25, 0.3) is 0 Å². The third kappa shape index (κ3) is 8.98. The summed E-state index contributed by atoms with van der Waals surface area (Å²) in [5, 5.41) is 17.3. The smallest absolute Gasteiger partial charge is 0.327 e. The first-order valence-electron chi connectivity index (χ1n) is 11.4. The lowest BCUT2D eigenvalue weighted by Gasteiger charge is -2.24. The van der Waals surface area contributed by atoms with Crippen molar-refractivity contribution < 1.29 is 29.1 Å². The van der Waals surface area contributed by atoms with Crippen molar-refractivity contribution in [3.63, 3.8) is 0 Å². The molecule has 1 aromatic heterocycles. The van der Waals surface area contributed by atoms with Gasteiger partial charge in [0.15, 0.2) is 0 Å². The van der Waals surface area contributed by atoms with Crippen LogP contribution in [0.5, 0.6) is 0 Å². The number of carboxylic acids is 1. The first-order valence-corrected chi connectivity index (χ1v) is 13.4. The number of aromatic nitrogens is 1. The summed E-state index contributed by atoms with van der Waals surface area (Å²) in [5.41, 5.74) is 12.8. The number of thioether (sulfide) groups is 1. The quantitative estimate of drug-likeness (QED) is 0.130. The van der Waals surface area contributed by atoms with E-state index in [0.717, 1.165) is 16.5 Å². The fourth-order valence-corrected chi connectivity index (χ4v) is 4.26. The minimum Gasteiger partial charge on any atom is -0.480 e. The average Bonchev–Trinajstić information content (AvgIpc) is 3.26. The molecule has 0 spiro atoms. The number of fused-ring (bicyclic) bond motifs is 1. The van der Waals surface area contributed by atoms with Gasteiger partial charge >= 0.3 is 5.97 Å². The van der Waals surface area contributed by atoms with Crippen LogP contribution in [0.2, 0.25) is 0 Å². The molecule has 0 aliphatic carbocycles. The zero-order chi connectivity index (χ0) is 27.5. The Morgan fingerprint density at radius 3 is 2.27 bits per heavy atom. The third-order valence-electron chi connectivity index (χ3n) is 5.54. The number of hydrogen-bond acceptors (Lipinski definition) is 8. The van der Waals surface area contributed by atoms with Crippen molar-refractivity contribution in [3.8, 4) is 0 Å². The lowest BCUT2D eigenvalue weighted by atomic mass is 10.0. The van der Waals surface area contributed by atoms with Crippen LogP contribution in [0, 0.1) is 0 Å². The summed E-state index contributed by atoms with van der Waals surface area (Å²) < 4.78 is 0. The second-order valence-electron chi connectivity index (χ2n) is 8.33. The molecule has 14 heteroatoms. The predicted molar refractivity (Wildman–Crippen MR) is 144 cm³/mol. The van der Waals surface area contributed by atoms with Gasteiger partial charge in [0.1, 0.15) is 18.1 Å². The number of carbonyl (C=O) groups excluding carboxylic acids is 4. The third-order valence-corrected chi connectivity index (χ3v) is 6.55. The van der Waals surface area contributed by atoms with E-state index in [0.29, 0.717) is 12.2 Å². The number of carboxylic acid groups (broad SMARTS) is 1. The Labute approximate surface area is 223 Å². The van der Waals surface area contributed by atoms with Crippen LogP contribution in [0.3, 0.4) is 0 Å². The first-order chi connectivity index (χ1) is 17.6. The van der Waals surface area contributed by atoms with Crippen LogP contribution in [0.4, 0.5) is 0 Å². The number of hydrogen-bond donors (Lipinski definition) is 8. The Morgan fingerprint density at radius 2 is 1.65 bits per heavy atom. The highest BCUT2D eigenvalue weighted by atomic mass is 32.2. The van der Waals surface area contributed by atoms with Crippen molar-refractivity contribution >= 4 is 64.9 Å². The molecule has 2 aromatic rings. The average molecular weight is 553 g/mol. The number of nitrogens with two attached hydrogens (primary N) is 2. The molecule has 4 atom stereocenters. The highest BCUT2D eigenvalue weighted by Crippen LogP contribution is 2.19. The van der Waals surface area contributed by atoms with Crippen molar-refractivity contribution in [1.29, 1.82) is 0 Å². The first kappa shape index (κ1) is 30.0. The van der Waals surface area contributed by atoms with Crippen LogP contribution in [-0.2, 0) is 30.4 Å². The van der Waals surface area contributed by atoms with Crippen molar-refractivity contribution in [2.24, 2.45) is 11.5 Å². The molecule has 0 bridgehead atoms. The number of H-pyrrole nitrogens is 1. The highest BCUT2D eigenvalue weighted by Gasteiger charge is 2.31. The number of amides is 4. The molecule has 12 nitrogen and oxygen atoms in total. The Kier molecular flexibility index (Phi) is 11.8. The monoisotopic (exact) mass is 552 g/mol. The maximum Gasteiger partial charge on any atom is 0.327 e. The predicted octanol–water partition coefficient (Wildman–Crippen LogP) is -0.865. The molecule has 202 valence electrons. The van der Waals surface area contributed by atoms with Gasteiger partial charge in [-0.15, -0.1) is 0 Å². The molecule has 0 fully saturated rings. The largest absolute Gasteiger partial charge is 0.480 e. The zero-order valence-electron chi connectivity index (χ0n) is 20.2. The van der Waals surface area contributed by atoms with Crippen molar-refractivity contribution in [2.45, 2.75) is 43.4 Å². The molecule has 2 rings (SSSR count). The summed E-state index contributed by atoms with van der Waals surface area (Å²) in [6.45, 7) is 0. The van der Waals surface area contributed by atoms with Gasteiger partial charge in [-0.1, -0.05) is 18.2 Å². The number of primary amides is 1. The van der Waals surface area contributed by atoms with Gasteiger partial charge < -0.3 is 37.5 Å². The van der Waals surface area contributed by atoms with Crippen LogP contribution < -0.4 is 27.4 Å². The van der Waals surface area contributed by atoms with E-state index in [1.54, 1.807) is 6.20 Å². The van der Waals surface area contributed by atoms with Crippen molar-refractivity contribution in [3.05, 3.63) is 36.0 Å². The number of aliphatic carboxylic acids is 1. The molecule has 37 heavy (non-hydrogen) atoms. The number of aromatic amines is 1. The van der Waals surface area contributed by atoms with Gasteiger partial charge in [0.2, 0.25) is 23.6 Å². The molecule has 0 aliphatic rings. The van der Waals surface area contributed by atoms with Crippen LogP contribution in [0.1, 0.15) is 18.4 Å². The molecule has 0 saturated heterocycles. The lowest BCUT2D eigenvalue weighted by molar-refractivity contribution is -0.141. The number of rotatable bonds is 15. The standard InChI is InChI=1S/C23H32N6O6S2/c1-37-7-6-14(24)20(31)27-16(8-12-10-26-15-5-3-2-4-13(12)15)21(32)28-17(9-19(25)30)22(33)29-18(11-36)23(34)35/h2-5,10,14,16-18,26,36H,6-9,11,24H2,1H3,(H2,25,30)(H,27,31)(H,28,32)(H,29,33)(H,34,35). The second-order valence-corrected chi connectivity index (χ2v) is 9.68. The fraction of sp³-hybridized carbons (Fsp3) is 0.435. The van der Waals surface area contributed by atoms with Gasteiger partial charge in [-0.2, -0.15) is 24.4 Å². The SMILES string of the molecule is CSCCC(N)C(=O)NC(Cc1c[nH]c2ccccc12)C(=O)NC(CC(N)=O)C(=O)NC(CS)C(=O)O. The molecule has 4 unspecified atom stereocenters. The van der Waals surface area contributed by atoms with E-state index in [1.807, 2.05) is 30.5 Å². The molecular weight excluding hydrogens is 520 g/mol. The van der Waals surface area contributed by atoms with Gasteiger partial charge in [0.05, 0.1) is 12.5 Å². The number of benzene rings is 1. The molecule has 0 radical (unpaired) electrons. The highest BCUT2D eigenvalue weighted by molar-refractivity contribution is 7.98. The number of para-hydroxylation sites is 1. The molecule has 0 saturated carbocycles. The van der Waals surface area contributed by atoms with E-state index in [-0.39, 0.29) is 12.2 Å². The summed E-state index contributed by atoms with van der Waals surface area (Å²) in [4.78, 5) is 64.7. The summed E-state index contributed by atoms with van der Waals surface area (Å²) in [6, 6.07) is 2.56. The van der Waals surface area contributed by atoms with Crippen LogP contribution in [0.15, 0.2) is 30.5 Å². The molecule has 4 amide bonds. The number of nitrogens with one attached hydrogen (secondary N) is 4. The van der Waals surface area contributed by atoms with Crippen LogP contribution >= 0.6 is 24.4 Å². The Balaban J connectivity index is 2.29. The van der Waals surface area contributed by atoms with E-state index in [1.165, 1.54) is 11.8 Å². The van der Waals surface area contributed by atoms with Gasteiger partial charge in [0, 0.05) is 29.3 Å². The minimum absolute atomic E-state index is 0.0517. The molecule has 0 aliphatic heterocycles. The van der Waals surface area contributed by atoms with Crippen LogP contribution in [-0.4, -0.2) is 81.6 Å². The van der Waals surface area contributed by atoms with E-state index in [2.05, 4.69) is 33.6 Å². The number of thiol groups is 1. The normalized spacial score (nSPS) is 14.2. The molecule has 1 aromatic carbocycles. The van der Waals surface area contributed by atoms with Crippen molar-refractivity contribution in [2.75, 3.05) is 17.8 Å². The van der Waals surface area contributed by atoms with E-state index in [4.69, 9.17) is 11.5 Å². The minimum atomic E-state index is -1.47. The van der Waals surface area contributed by atoms with Crippen LogP contribution in [0.25, 0.3) is 10.9 Å². The lowest BCUT2D eigenvalue weighted by Crippen LogP contribution is -2.58. The maximum absolute atomic E-state index is 13.3. The summed E-state index contributed by atoms with van der Waals surface area (Å²) >= 11 is 5.42. The summed E-state index contributed by atoms with van der Waals surface area (Å²) in [6.07, 6.45) is 3.45. The Hall–Kier alpha value is -3.23. The van der Waals surface area contributed by atoms with Gasteiger partial charge in [-0.05, 0) is 30.1 Å². The second kappa shape index (κ2) is 14.5. The Morgan fingerprint density at radius 1 is 1.03 bits per heavy atom. The maximum atomic E-state index is 13.3.